The minimum absolute atomic E-state index is 0.0702. The summed E-state index contributed by atoms with van der Waals surface area (Å²) in [5.74, 6) is 0.429. The Hall–Kier alpha value is -2.24. The third-order valence-corrected chi connectivity index (χ3v) is 2.85. The van der Waals surface area contributed by atoms with Crippen LogP contribution in [0.15, 0.2) is 23.4 Å². The Morgan fingerprint density at radius 1 is 1.47 bits per heavy atom. The van der Waals surface area contributed by atoms with Crippen LogP contribution in [0.3, 0.4) is 0 Å². The molecule has 19 heavy (non-hydrogen) atoms. The second-order valence-electron chi connectivity index (χ2n) is 4.13. The molecule has 0 aromatic heterocycles. The number of hydrogen-bond donors (Lipinski definition) is 1. The molecule has 1 aromatic rings. The maximum Gasteiger partial charge on any atom is 0.307 e. The molecule has 1 atom stereocenters. The van der Waals surface area contributed by atoms with Crippen molar-refractivity contribution in [1.82, 2.24) is 0 Å². The first-order valence-corrected chi connectivity index (χ1v) is 5.81. The monoisotopic (exact) mass is 265 g/mol. The van der Waals surface area contributed by atoms with Gasteiger partial charge < -0.3 is 19.4 Å². The Balaban J connectivity index is 2.20. The van der Waals surface area contributed by atoms with Crippen LogP contribution in [0.25, 0.3) is 0 Å². The van der Waals surface area contributed by atoms with Crippen molar-refractivity contribution in [2.45, 2.75) is 18.9 Å². The molecule has 0 fully saturated rings. The summed E-state index contributed by atoms with van der Waals surface area (Å²) in [5, 5.41) is 12.7. The molecule has 1 N–H and O–H groups in total. The van der Waals surface area contributed by atoms with E-state index in [1.165, 1.54) is 0 Å². The molecular formula is C13H15NO5. The number of carboxylic acids is 1. The summed E-state index contributed by atoms with van der Waals surface area (Å²) in [6.07, 6.45) is -0.0573. The van der Waals surface area contributed by atoms with Crippen LogP contribution in [0.4, 0.5) is 0 Å². The van der Waals surface area contributed by atoms with E-state index in [0.717, 1.165) is 5.56 Å². The third-order valence-electron chi connectivity index (χ3n) is 2.85. The summed E-state index contributed by atoms with van der Waals surface area (Å²) in [7, 11) is 3.14. The first-order chi connectivity index (χ1) is 9.13. The van der Waals surface area contributed by atoms with Gasteiger partial charge in [0.15, 0.2) is 0 Å². The van der Waals surface area contributed by atoms with Crippen molar-refractivity contribution < 1.29 is 24.2 Å². The van der Waals surface area contributed by atoms with Gasteiger partial charge in [-0.1, -0.05) is 5.16 Å². The molecule has 0 bridgehead atoms. The summed E-state index contributed by atoms with van der Waals surface area (Å²) in [6, 6.07) is 5.36. The summed E-state index contributed by atoms with van der Waals surface area (Å²) in [5.41, 5.74) is 1.43. The van der Waals surface area contributed by atoms with Crippen molar-refractivity contribution in [3.05, 3.63) is 23.8 Å². The third kappa shape index (κ3) is 2.96. The number of methoxy groups -OCH3 is 2. The highest BCUT2D eigenvalue weighted by molar-refractivity contribution is 6.04. The minimum atomic E-state index is -0.904. The van der Waals surface area contributed by atoms with Gasteiger partial charge in [0, 0.05) is 12.0 Å². The fourth-order valence-corrected chi connectivity index (χ4v) is 1.93. The summed E-state index contributed by atoms with van der Waals surface area (Å²) < 4.78 is 10.4. The summed E-state index contributed by atoms with van der Waals surface area (Å²) in [6.45, 7) is 0. The molecule has 1 unspecified atom stereocenters. The maximum absolute atomic E-state index is 10.6. The number of rotatable bonds is 5. The van der Waals surface area contributed by atoms with Crippen LogP contribution in [0.5, 0.6) is 11.5 Å². The topological polar surface area (TPSA) is 77.3 Å². The van der Waals surface area contributed by atoms with E-state index in [1.807, 2.05) is 0 Å². The number of carbonyl (C=O) groups is 1. The molecule has 0 amide bonds. The molecule has 102 valence electrons. The quantitative estimate of drug-likeness (QED) is 0.876. The van der Waals surface area contributed by atoms with Crippen LogP contribution in [-0.2, 0) is 9.63 Å². The number of nitrogens with zero attached hydrogens (tertiary/aromatic N) is 1. The average Bonchev–Trinajstić information content (AvgIpc) is 2.85. The lowest BCUT2D eigenvalue weighted by atomic mass is 10.0. The average molecular weight is 265 g/mol. The van der Waals surface area contributed by atoms with Crippen molar-refractivity contribution in [3.8, 4) is 11.5 Å². The number of benzene rings is 1. The zero-order chi connectivity index (χ0) is 13.8. The summed E-state index contributed by atoms with van der Waals surface area (Å²) in [4.78, 5) is 15.8. The van der Waals surface area contributed by atoms with Crippen LogP contribution in [0.2, 0.25) is 0 Å². The van der Waals surface area contributed by atoms with Gasteiger partial charge in [0.25, 0.3) is 0 Å². The molecular weight excluding hydrogens is 250 g/mol. The lowest BCUT2D eigenvalue weighted by molar-refractivity contribution is -0.139. The van der Waals surface area contributed by atoms with E-state index in [1.54, 1.807) is 32.4 Å². The van der Waals surface area contributed by atoms with Gasteiger partial charge in [-0.25, -0.2) is 0 Å². The van der Waals surface area contributed by atoms with Crippen molar-refractivity contribution in [1.29, 1.82) is 0 Å². The Bertz CT molecular complexity index is 512. The van der Waals surface area contributed by atoms with E-state index < -0.39 is 12.1 Å². The van der Waals surface area contributed by atoms with Crippen LogP contribution in [0, 0.1) is 0 Å². The number of ether oxygens (including phenoxy) is 2. The lowest BCUT2D eigenvalue weighted by Gasteiger charge is -2.09. The number of oxime groups is 1. The van der Waals surface area contributed by atoms with Gasteiger partial charge in [0.05, 0.1) is 26.4 Å². The molecule has 0 radical (unpaired) electrons. The van der Waals surface area contributed by atoms with Crippen molar-refractivity contribution >= 4 is 11.7 Å². The van der Waals surface area contributed by atoms with E-state index in [4.69, 9.17) is 19.4 Å². The standard InChI is InChI=1S/C13H15NO5/c1-17-8-3-4-12(18-2)10(5-8)11-6-9(19-14-11)7-13(15)16/h3-5,9H,6-7H2,1-2H3,(H,15,16). The van der Waals surface area contributed by atoms with Gasteiger partial charge in [-0.05, 0) is 18.2 Å². The largest absolute Gasteiger partial charge is 0.497 e. The highest BCUT2D eigenvalue weighted by Gasteiger charge is 2.26. The van der Waals surface area contributed by atoms with E-state index in [-0.39, 0.29) is 6.42 Å². The Morgan fingerprint density at radius 3 is 2.89 bits per heavy atom. The van der Waals surface area contributed by atoms with Gasteiger partial charge in [-0.15, -0.1) is 0 Å². The van der Waals surface area contributed by atoms with E-state index >= 15 is 0 Å². The molecule has 6 heteroatoms. The predicted octanol–water partition coefficient (Wildman–Crippen LogP) is 1.67. The normalized spacial score (nSPS) is 17.6. The second kappa shape index (κ2) is 5.60. The van der Waals surface area contributed by atoms with E-state index in [0.29, 0.717) is 23.6 Å². The Labute approximate surface area is 110 Å². The van der Waals surface area contributed by atoms with Gasteiger partial charge in [0.1, 0.15) is 17.6 Å². The van der Waals surface area contributed by atoms with Crippen LogP contribution in [0.1, 0.15) is 18.4 Å². The molecule has 6 nitrogen and oxygen atoms in total. The molecule has 0 saturated heterocycles. The van der Waals surface area contributed by atoms with Gasteiger partial charge in [-0.3, -0.25) is 4.79 Å². The zero-order valence-corrected chi connectivity index (χ0v) is 10.8. The molecule has 1 heterocycles. The Kier molecular flexibility index (Phi) is 3.89. The van der Waals surface area contributed by atoms with Crippen LogP contribution in [-0.4, -0.2) is 37.1 Å². The minimum Gasteiger partial charge on any atom is -0.497 e. The fraction of sp³-hybridized carbons (Fsp3) is 0.385. The highest BCUT2D eigenvalue weighted by Crippen LogP contribution is 2.29. The predicted molar refractivity (Wildman–Crippen MR) is 67.8 cm³/mol. The molecule has 1 aromatic carbocycles. The Morgan fingerprint density at radius 2 is 2.26 bits per heavy atom. The molecule has 0 aliphatic carbocycles. The molecule has 1 aliphatic rings. The summed E-state index contributed by atoms with van der Waals surface area (Å²) >= 11 is 0. The van der Waals surface area contributed by atoms with E-state index in [9.17, 15) is 4.79 Å². The number of aliphatic carboxylic acids is 1. The molecule has 1 aliphatic heterocycles. The van der Waals surface area contributed by atoms with E-state index in [2.05, 4.69) is 5.16 Å². The second-order valence-corrected chi connectivity index (χ2v) is 4.13. The first kappa shape index (κ1) is 13.2. The van der Waals surface area contributed by atoms with Gasteiger partial charge in [0.2, 0.25) is 0 Å². The van der Waals surface area contributed by atoms with Crippen LogP contribution < -0.4 is 9.47 Å². The maximum atomic E-state index is 10.6. The highest BCUT2D eigenvalue weighted by atomic mass is 16.6. The van der Waals surface area contributed by atoms with Gasteiger partial charge >= 0.3 is 5.97 Å². The van der Waals surface area contributed by atoms with Crippen LogP contribution >= 0.6 is 0 Å². The number of hydrogen-bond acceptors (Lipinski definition) is 5. The lowest BCUT2D eigenvalue weighted by Crippen LogP contribution is -2.14. The fourth-order valence-electron chi connectivity index (χ4n) is 1.93. The zero-order valence-electron chi connectivity index (χ0n) is 10.8. The SMILES string of the molecule is COc1ccc(OC)c(C2=NOC(CC(=O)O)C2)c1. The van der Waals surface area contributed by atoms with Crippen molar-refractivity contribution in [3.63, 3.8) is 0 Å². The molecule has 2 rings (SSSR count). The number of carboxylic acid groups (broad SMARTS) is 1. The smallest absolute Gasteiger partial charge is 0.307 e. The molecule has 0 saturated carbocycles. The van der Waals surface area contributed by atoms with Crippen molar-refractivity contribution in [2.75, 3.05) is 14.2 Å². The van der Waals surface area contributed by atoms with Crippen molar-refractivity contribution in [2.24, 2.45) is 5.16 Å². The first-order valence-electron chi connectivity index (χ1n) is 5.81. The van der Waals surface area contributed by atoms with Gasteiger partial charge in [-0.2, -0.15) is 0 Å². The molecule has 0 spiro atoms.